The molecule has 2 heterocycles. The van der Waals surface area contributed by atoms with Crippen LogP contribution in [0, 0.1) is 6.92 Å². The van der Waals surface area contributed by atoms with Crippen LogP contribution in [0.1, 0.15) is 27.9 Å². The normalized spacial score (nSPS) is 18.1. The van der Waals surface area contributed by atoms with Crippen molar-refractivity contribution in [3.05, 3.63) is 63.1 Å². The summed E-state index contributed by atoms with van der Waals surface area (Å²) < 4.78 is 37.8. The van der Waals surface area contributed by atoms with Crippen molar-refractivity contribution in [2.75, 3.05) is 52.4 Å². The number of halogens is 5. The van der Waals surface area contributed by atoms with E-state index in [1.54, 1.807) is 18.2 Å². The first-order valence-corrected chi connectivity index (χ1v) is 13.6. The zero-order valence-electron chi connectivity index (χ0n) is 22.1. The Morgan fingerprint density at radius 3 is 2.40 bits per heavy atom. The minimum absolute atomic E-state index is 0.112. The van der Waals surface area contributed by atoms with Crippen LogP contribution >= 0.6 is 23.2 Å². The van der Waals surface area contributed by atoms with Crippen molar-refractivity contribution in [1.29, 1.82) is 0 Å². The van der Waals surface area contributed by atoms with Crippen LogP contribution in [0.2, 0.25) is 10.0 Å². The molecule has 0 aliphatic carbocycles. The number of aryl methyl sites for hydroxylation is 1. The number of alkyl halides is 3. The predicted octanol–water partition coefficient (Wildman–Crippen LogP) is 4.22. The summed E-state index contributed by atoms with van der Waals surface area (Å²) >= 11 is 12.0. The first-order valence-electron chi connectivity index (χ1n) is 12.9. The van der Waals surface area contributed by atoms with E-state index in [0.29, 0.717) is 22.2 Å². The number of ether oxygens (including phenoxy) is 1. The molecule has 220 valence electrons. The van der Waals surface area contributed by atoms with E-state index in [-0.39, 0.29) is 11.9 Å². The minimum Gasteiger partial charge on any atom is -0.492 e. The van der Waals surface area contributed by atoms with Gasteiger partial charge in [0.15, 0.2) is 0 Å². The lowest BCUT2D eigenvalue weighted by molar-refractivity contribution is -0.192. The largest absolute Gasteiger partial charge is 0.492 e. The third kappa shape index (κ3) is 10.1. The SMILES string of the molecule is Cc1cc(CN2CC[C@H](NC(=O)c3ccc(Cl)c(Cl)c3)C2)ccc1OCCN1CCNCC1.O=C(O)C(F)(F)F. The molecule has 8 nitrogen and oxygen atoms in total. The highest BCUT2D eigenvalue weighted by molar-refractivity contribution is 6.42. The molecule has 2 aromatic carbocycles. The number of hydrogen-bond acceptors (Lipinski definition) is 6. The second-order valence-electron chi connectivity index (χ2n) is 9.67. The first kappa shape index (κ1) is 32.0. The maximum absolute atomic E-state index is 12.5. The minimum atomic E-state index is -5.08. The molecule has 4 rings (SSSR count). The van der Waals surface area contributed by atoms with E-state index in [0.717, 1.165) is 70.1 Å². The molecule has 13 heteroatoms. The number of amides is 1. The number of rotatable bonds is 8. The lowest BCUT2D eigenvalue weighted by atomic mass is 10.1. The standard InChI is InChI=1S/C25H32Cl2N4O2.C2HF3O2/c1-18-14-19(2-5-24(18)33-13-12-30-10-7-28-8-11-30)16-31-9-6-21(17-31)29-25(32)20-3-4-22(26)23(27)15-20;3-2(4,5)1(6)7/h2-5,14-15,21,28H,6-13,16-17H2,1H3,(H,29,32);(H,6,7)/t21-;/m0./s1. The Hall–Kier alpha value is -2.57. The summed E-state index contributed by atoms with van der Waals surface area (Å²) in [6.45, 7) is 10.7. The molecule has 0 radical (unpaired) electrons. The number of hydrogen-bond donors (Lipinski definition) is 3. The van der Waals surface area contributed by atoms with Crippen LogP contribution in [-0.4, -0.2) is 91.4 Å². The van der Waals surface area contributed by atoms with Crippen molar-refractivity contribution in [1.82, 2.24) is 20.4 Å². The molecule has 2 aliphatic rings. The molecule has 3 N–H and O–H groups in total. The number of benzene rings is 2. The highest BCUT2D eigenvalue weighted by Crippen LogP contribution is 2.24. The van der Waals surface area contributed by atoms with E-state index in [9.17, 15) is 18.0 Å². The van der Waals surface area contributed by atoms with E-state index in [4.69, 9.17) is 37.8 Å². The Kier molecular flexibility index (Phi) is 11.9. The van der Waals surface area contributed by atoms with Gasteiger partial charge in [0.25, 0.3) is 5.91 Å². The van der Waals surface area contributed by atoms with Crippen molar-refractivity contribution >= 4 is 35.1 Å². The van der Waals surface area contributed by atoms with Gasteiger partial charge in [0.05, 0.1) is 10.0 Å². The Bertz CT molecular complexity index is 1160. The summed E-state index contributed by atoms with van der Waals surface area (Å²) in [6, 6.07) is 11.5. The monoisotopic (exact) mass is 604 g/mol. The van der Waals surface area contributed by atoms with E-state index < -0.39 is 12.1 Å². The summed E-state index contributed by atoms with van der Waals surface area (Å²) in [5.74, 6) is -1.91. The molecule has 40 heavy (non-hydrogen) atoms. The van der Waals surface area contributed by atoms with E-state index in [1.165, 1.54) is 5.56 Å². The quantitative estimate of drug-likeness (QED) is 0.415. The van der Waals surface area contributed by atoms with Crippen LogP contribution in [0.25, 0.3) is 0 Å². The molecular weight excluding hydrogens is 572 g/mol. The van der Waals surface area contributed by atoms with E-state index in [1.807, 2.05) is 0 Å². The molecule has 1 amide bonds. The van der Waals surface area contributed by atoms with Gasteiger partial charge in [-0.3, -0.25) is 14.6 Å². The van der Waals surface area contributed by atoms with Crippen LogP contribution in [-0.2, 0) is 11.3 Å². The summed E-state index contributed by atoms with van der Waals surface area (Å²) in [6.07, 6.45) is -4.15. The van der Waals surface area contributed by atoms with Gasteiger partial charge in [-0.25, -0.2) is 4.79 Å². The van der Waals surface area contributed by atoms with Crippen LogP contribution in [0.3, 0.4) is 0 Å². The number of aliphatic carboxylic acids is 1. The van der Waals surface area contributed by atoms with Crippen LogP contribution in [0.5, 0.6) is 5.75 Å². The average molecular weight is 605 g/mol. The fraction of sp³-hybridized carbons (Fsp3) is 0.481. The van der Waals surface area contributed by atoms with Gasteiger partial charge in [-0.1, -0.05) is 35.3 Å². The molecule has 2 saturated heterocycles. The number of carboxylic acids is 1. The molecule has 0 bridgehead atoms. The first-order chi connectivity index (χ1) is 18.9. The molecule has 0 spiro atoms. The molecule has 2 aliphatic heterocycles. The van der Waals surface area contributed by atoms with Gasteiger partial charge >= 0.3 is 12.1 Å². The number of carbonyl (C=O) groups is 2. The summed E-state index contributed by atoms with van der Waals surface area (Å²) in [7, 11) is 0. The Morgan fingerprint density at radius 2 is 1.77 bits per heavy atom. The number of piperazine rings is 1. The van der Waals surface area contributed by atoms with Gasteiger partial charge in [0.1, 0.15) is 12.4 Å². The number of carboxylic acid groups (broad SMARTS) is 1. The maximum Gasteiger partial charge on any atom is 0.490 e. The Balaban J connectivity index is 0.000000559. The third-order valence-electron chi connectivity index (χ3n) is 6.55. The average Bonchev–Trinajstić information content (AvgIpc) is 3.33. The summed E-state index contributed by atoms with van der Waals surface area (Å²) in [5.41, 5.74) is 2.96. The molecule has 2 aromatic rings. The van der Waals surface area contributed by atoms with Crippen molar-refractivity contribution in [2.45, 2.75) is 32.1 Å². The number of carbonyl (C=O) groups excluding carboxylic acids is 1. The van der Waals surface area contributed by atoms with Gasteiger partial charge in [-0.2, -0.15) is 13.2 Å². The number of nitrogens with zero attached hydrogens (tertiary/aromatic N) is 2. The van der Waals surface area contributed by atoms with Crippen molar-refractivity contribution in [2.24, 2.45) is 0 Å². The zero-order valence-corrected chi connectivity index (χ0v) is 23.6. The van der Waals surface area contributed by atoms with Crippen LogP contribution in [0.15, 0.2) is 36.4 Å². The molecular formula is C27H33Cl2F3N4O4. The number of likely N-dealkylation sites (tertiary alicyclic amines) is 1. The highest BCUT2D eigenvalue weighted by atomic mass is 35.5. The number of nitrogens with one attached hydrogen (secondary N) is 2. The predicted molar refractivity (Wildman–Crippen MR) is 147 cm³/mol. The Morgan fingerprint density at radius 1 is 1.07 bits per heavy atom. The third-order valence-corrected chi connectivity index (χ3v) is 7.29. The van der Waals surface area contributed by atoms with Crippen molar-refractivity contribution < 1.29 is 32.6 Å². The lowest BCUT2D eigenvalue weighted by Gasteiger charge is -2.27. The van der Waals surface area contributed by atoms with E-state index >= 15 is 0 Å². The second-order valence-corrected chi connectivity index (χ2v) is 10.5. The van der Waals surface area contributed by atoms with Gasteiger partial charge in [-0.05, 0) is 48.7 Å². The second kappa shape index (κ2) is 14.9. The molecule has 0 saturated carbocycles. The smallest absolute Gasteiger partial charge is 0.490 e. The van der Waals surface area contributed by atoms with Crippen molar-refractivity contribution in [3.8, 4) is 5.75 Å². The Labute approximate surface area is 241 Å². The van der Waals surface area contributed by atoms with Crippen LogP contribution < -0.4 is 15.4 Å². The molecule has 0 aromatic heterocycles. The fourth-order valence-corrected chi connectivity index (χ4v) is 4.75. The summed E-state index contributed by atoms with van der Waals surface area (Å²) in [5, 5.41) is 14.5. The van der Waals surface area contributed by atoms with Crippen LogP contribution in [0.4, 0.5) is 13.2 Å². The van der Waals surface area contributed by atoms with Gasteiger partial charge < -0.3 is 20.5 Å². The zero-order chi connectivity index (χ0) is 29.3. The summed E-state index contributed by atoms with van der Waals surface area (Å²) in [4.78, 5) is 26.3. The molecule has 0 unspecified atom stereocenters. The lowest BCUT2D eigenvalue weighted by Crippen LogP contribution is -2.44. The molecule has 2 fully saturated rings. The fourth-order valence-electron chi connectivity index (χ4n) is 4.45. The van der Waals surface area contributed by atoms with Crippen molar-refractivity contribution in [3.63, 3.8) is 0 Å². The topological polar surface area (TPSA) is 94.1 Å². The highest BCUT2D eigenvalue weighted by Gasteiger charge is 2.38. The van der Waals surface area contributed by atoms with Gasteiger partial charge in [0, 0.05) is 64.0 Å². The van der Waals surface area contributed by atoms with Gasteiger partial charge in [-0.15, -0.1) is 0 Å². The van der Waals surface area contributed by atoms with Gasteiger partial charge in [0.2, 0.25) is 0 Å². The van der Waals surface area contributed by atoms with E-state index in [2.05, 4.69) is 45.6 Å². The molecule has 1 atom stereocenters. The maximum atomic E-state index is 12.5.